The van der Waals surface area contributed by atoms with Gasteiger partial charge in [-0.15, -0.1) is 11.3 Å². The molecule has 0 radical (unpaired) electrons. The van der Waals surface area contributed by atoms with Crippen LogP contribution < -0.4 is 4.90 Å². The Morgan fingerprint density at radius 3 is 3.27 bits per heavy atom. The van der Waals surface area contributed by atoms with Crippen molar-refractivity contribution in [2.24, 2.45) is 0 Å². The van der Waals surface area contributed by atoms with Gasteiger partial charge in [0.1, 0.15) is 0 Å². The molecule has 78 valence electrons. The minimum absolute atomic E-state index is 0.440. The largest absolute Gasteiger partial charge is 0.372 e. The highest BCUT2D eigenvalue weighted by Crippen LogP contribution is 2.46. The van der Waals surface area contributed by atoms with Crippen LogP contribution in [0.1, 0.15) is 17.2 Å². The molecule has 0 saturated carbocycles. The molecule has 0 bridgehead atoms. The van der Waals surface area contributed by atoms with Gasteiger partial charge >= 0.3 is 0 Å². The number of anilines is 1. The topological polar surface area (TPSA) is 31.9 Å². The highest BCUT2D eigenvalue weighted by molar-refractivity contribution is 9.11. The van der Waals surface area contributed by atoms with Gasteiger partial charge in [0.05, 0.1) is 9.47 Å². The third-order valence-corrected chi connectivity index (χ3v) is 4.57. The van der Waals surface area contributed by atoms with E-state index < -0.39 is 0 Å². The Labute approximate surface area is 100 Å². The van der Waals surface area contributed by atoms with Crippen molar-refractivity contribution >= 4 is 33.0 Å². The first-order valence-corrected chi connectivity index (χ1v) is 6.42. The molecule has 15 heavy (non-hydrogen) atoms. The van der Waals surface area contributed by atoms with E-state index in [1.165, 1.54) is 20.7 Å². The zero-order chi connectivity index (χ0) is 10.4. The van der Waals surface area contributed by atoms with Crippen molar-refractivity contribution < 1.29 is 0 Å². The monoisotopic (exact) mass is 283 g/mol. The van der Waals surface area contributed by atoms with Crippen molar-refractivity contribution in [3.05, 3.63) is 32.7 Å². The zero-order valence-corrected chi connectivity index (χ0v) is 10.6. The third-order valence-electron chi connectivity index (χ3n) is 2.86. The molecule has 0 spiro atoms. The lowest BCUT2D eigenvalue weighted by molar-refractivity contribution is 0.798. The maximum Gasteiger partial charge on any atom is 0.0934 e. The average Bonchev–Trinajstić information content (AvgIpc) is 2.86. The summed E-state index contributed by atoms with van der Waals surface area (Å²) in [6, 6.07) is 2.05. The smallest absolute Gasteiger partial charge is 0.0934 e. The van der Waals surface area contributed by atoms with Crippen molar-refractivity contribution in [2.75, 3.05) is 18.5 Å². The van der Waals surface area contributed by atoms with Crippen molar-refractivity contribution in [1.29, 1.82) is 0 Å². The van der Waals surface area contributed by atoms with Crippen LogP contribution in [0.2, 0.25) is 0 Å². The van der Waals surface area contributed by atoms with Crippen molar-refractivity contribution in [3.63, 3.8) is 0 Å². The SMILES string of the molecule is CN1CC(c2ccn[nH]2)c2csc(Br)c21. The molecule has 1 aliphatic heterocycles. The molecule has 0 fully saturated rings. The average molecular weight is 284 g/mol. The molecule has 2 aromatic heterocycles. The number of rotatable bonds is 1. The quantitative estimate of drug-likeness (QED) is 0.873. The van der Waals surface area contributed by atoms with Crippen LogP contribution in [0.4, 0.5) is 5.69 Å². The van der Waals surface area contributed by atoms with Crippen LogP contribution in [0.5, 0.6) is 0 Å². The number of thiophene rings is 1. The summed E-state index contributed by atoms with van der Waals surface area (Å²) < 4.78 is 1.22. The highest BCUT2D eigenvalue weighted by Gasteiger charge is 2.31. The van der Waals surface area contributed by atoms with Crippen LogP contribution in [-0.4, -0.2) is 23.8 Å². The molecule has 1 N–H and O–H groups in total. The maximum atomic E-state index is 4.02. The molecule has 0 amide bonds. The van der Waals surface area contributed by atoms with Gasteiger partial charge in [-0.25, -0.2) is 0 Å². The highest BCUT2D eigenvalue weighted by atomic mass is 79.9. The van der Waals surface area contributed by atoms with E-state index in [9.17, 15) is 0 Å². The van der Waals surface area contributed by atoms with Gasteiger partial charge in [0.15, 0.2) is 0 Å². The number of H-pyrrole nitrogens is 1. The van der Waals surface area contributed by atoms with Gasteiger partial charge in [0.2, 0.25) is 0 Å². The second-order valence-electron chi connectivity index (χ2n) is 3.76. The van der Waals surface area contributed by atoms with E-state index in [2.05, 4.69) is 49.5 Å². The van der Waals surface area contributed by atoms with Crippen molar-refractivity contribution in [3.8, 4) is 0 Å². The third kappa shape index (κ3) is 1.33. The Morgan fingerprint density at radius 2 is 2.53 bits per heavy atom. The van der Waals surface area contributed by atoms with E-state index in [-0.39, 0.29) is 0 Å². The minimum Gasteiger partial charge on any atom is -0.372 e. The number of hydrogen-bond acceptors (Lipinski definition) is 3. The number of halogens is 1. The van der Waals surface area contributed by atoms with E-state index in [0.29, 0.717) is 5.92 Å². The van der Waals surface area contributed by atoms with Crippen LogP contribution in [0, 0.1) is 0 Å². The summed E-state index contributed by atoms with van der Waals surface area (Å²) in [6.45, 7) is 1.03. The van der Waals surface area contributed by atoms with Crippen LogP contribution in [0.15, 0.2) is 21.4 Å². The lowest BCUT2D eigenvalue weighted by Gasteiger charge is -2.12. The number of nitrogens with zero attached hydrogens (tertiary/aromatic N) is 2. The fourth-order valence-electron chi connectivity index (χ4n) is 2.15. The number of aromatic nitrogens is 2. The number of nitrogens with one attached hydrogen (secondary N) is 1. The van der Waals surface area contributed by atoms with Gasteiger partial charge in [0, 0.05) is 31.4 Å². The Kier molecular flexibility index (Phi) is 2.10. The fraction of sp³-hybridized carbons (Fsp3) is 0.300. The lowest BCUT2D eigenvalue weighted by Crippen LogP contribution is -2.16. The van der Waals surface area contributed by atoms with Gasteiger partial charge in [-0.05, 0) is 32.9 Å². The number of hydrogen-bond donors (Lipinski definition) is 1. The van der Waals surface area contributed by atoms with Crippen LogP contribution in [-0.2, 0) is 0 Å². The van der Waals surface area contributed by atoms with Crippen LogP contribution in [0.25, 0.3) is 0 Å². The molecular weight excluding hydrogens is 274 g/mol. The maximum absolute atomic E-state index is 4.02. The van der Waals surface area contributed by atoms with Gasteiger partial charge in [-0.2, -0.15) is 5.10 Å². The van der Waals surface area contributed by atoms with E-state index in [4.69, 9.17) is 0 Å². The minimum atomic E-state index is 0.440. The van der Waals surface area contributed by atoms with E-state index in [0.717, 1.165) is 6.54 Å². The summed E-state index contributed by atoms with van der Waals surface area (Å²) in [5.74, 6) is 0.440. The summed E-state index contributed by atoms with van der Waals surface area (Å²) in [7, 11) is 2.13. The van der Waals surface area contributed by atoms with Gasteiger partial charge in [-0.1, -0.05) is 0 Å². The molecule has 2 aromatic rings. The molecule has 5 heteroatoms. The molecule has 3 nitrogen and oxygen atoms in total. The second kappa shape index (κ2) is 3.35. The molecular formula is C10H10BrN3S. The van der Waals surface area contributed by atoms with Gasteiger partial charge < -0.3 is 4.90 Å². The molecule has 1 atom stereocenters. The van der Waals surface area contributed by atoms with E-state index in [1.807, 2.05) is 6.20 Å². The van der Waals surface area contributed by atoms with E-state index >= 15 is 0 Å². The predicted molar refractivity (Wildman–Crippen MR) is 65.7 cm³/mol. The number of aromatic amines is 1. The Hall–Kier alpha value is -0.810. The number of likely N-dealkylation sites (N-methyl/N-ethyl adjacent to an activating group) is 1. The van der Waals surface area contributed by atoms with Crippen molar-refractivity contribution in [1.82, 2.24) is 10.2 Å². The molecule has 0 saturated heterocycles. The summed E-state index contributed by atoms with van der Waals surface area (Å²) in [6.07, 6.45) is 1.81. The molecule has 0 aliphatic carbocycles. The molecule has 3 rings (SSSR count). The molecule has 1 unspecified atom stereocenters. The van der Waals surface area contributed by atoms with Crippen molar-refractivity contribution in [2.45, 2.75) is 5.92 Å². The second-order valence-corrected chi connectivity index (χ2v) is 5.96. The Bertz CT molecular complexity index is 477. The molecule has 1 aliphatic rings. The number of fused-ring (bicyclic) bond motifs is 1. The molecule has 0 aromatic carbocycles. The Morgan fingerprint density at radius 1 is 1.67 bits per heavy atom. The summed E-state index contributed by atoms with van der Waals surface area (Å²) in [5, 5.41) is 9.31. The first kappa shape index (κ1) is 9.42. The van der Waals surface area contributed by atoms with Crippen LogP contribution >= 0.6 is 27.3 Å². The normalized spacial score (nSPS) is 19.6. The predicted octanol–water partition coefficient (Wildman–Crippen LogP) is 2.82. The zero-order valence-electron chi connectivity index (χ0n) is 8.20. The van der Waals surface area contributed by atoms with E-state index in [1.54, 1.807) is 11.3 Å². The lowest BCUT2D eigenvalue weighted by atomic mass is 10.0. The summed E-state index contributed by atoms with van der Waals surface area (Å²) >= 11 is 5.35. The summed E-state index contributed by atoms with van der Waals surface area (Å²) in [5.41, 5.74) is 3.93. The first-order chi connectivity index (χ1) is 7.27. The fourth-order valence-corrected chi connectivity index (χ4v) is 3.85. The first-order valence-electron chi connectivity index (χ1n) is 4.74. The van der Waals surface area contributed by atoms with Gasteiger partial charge in [-0.3, -0.25) is 5.10 Å². The summed E-state index contributed by atoms with van der Waals surface area (Å²) in [4.78, 5) is 2.29. The molecule has 3 heterocycles. The standard InChI is InChI=1S/C10H10BrN3S/c1-14-4-6(8-2-3-12-13-8)7-5-15-10(11)9(7)14/h2-3,5-6H,4H2,1H3,(H,12,13). The van der Waals surface area contributed by atoms with Crippen LogP contribution in [0.3, 0.4) is 0 Å². The Balaban J connectivity index is 2.09. The van der Waals surface area contributed by atoms with Gasteiger partial charge in [0.25, 0.3) is 0 Å².